The van der Waals surface area contributed by atoms with E-state index in [9.17, 15) is 22.4 Å². The molecule has 1 saturated carbocycles. The van der Waals surface area contributed by atoms with Gasteiger partial charge in [0, 0.05) is 56.0 Å². The molecule has 2 aromatic heterocycles. The van der Waals surface area contributed by atoms with Crippen LogP contribution in [-0.2, 0) is 11.3 Å². The highest BCUT2D eigenvalue weighted by Crippen LogP contribution is 2.32. The third-order valence-electron chi connectivity index (χ3n) is 5.00. The summed E-state index contributed by atoms with van der Waals surface area (Å²) in [6.45, 7) is 0.808. The van der Waals surface area contributed by atoms with Gasteiger partial charge in [-0.15, -0.1) is 0 Å². The van der Waals surface area contributed by atoms with Crippen molar-refractivity contribution in [2.45, 2.75) is 25.6 Å². The van der Waals surface area contributed by atoms with Gasteiger partial charge >= 0.3 is 12.1 Å². The highest BCUT2D eigenvalue weighted by atomic mass is 19.4. The number of halogens is 4. The van der Waals surface area contributed by atoms with E-state index in [0.717, 1.165) is 17.7 Å². The molecule has 0 radical (unpaired) electrons. The Hall–Kier alpha value is -3.96. The Morgan fingerprint density at radius 2 is 1.69 bits per heavy atom. The van der Waals surface area contributed by atoms with Crippen molar-refractivity contribution in [1.29, 1.82) is 0 Å². The largest absolute Gasteiger partial charge is 0.490 e. The van der Waals surface area contributed by atoms with Crippen LogP contribution in [0.25, 0.3) is 11.1 Å². The van der Waals surface area contributed by atoms with Crippen molar-refractivity contribution < 1.29 is 32.3 Å². The molecule has 0 atom stereocenters. The van der Waals surface area contributed by atoms with Gasteiger partial charge in [0.15, 0.2) is 0 Å². The van der Waals surface area contributed by atoms with E-state index in [2.05, 4.69) is 15.3 Å². The van der Waals surface area contributed by atoms with E-state index in [-0.39, 0.29) is 11.7 Å². The number of carboxylic acid groups (broad SMARTS) is 1. The molecule has 2 N–H and O–H groups in total. The van der Waals surface area contributed by atoms with Crippen LogP contribution in [-0.4, -0.2) is 51.8 Å². The molecule has 186 valence electrons. The summed E-state index contributed by atoms with van der Waals surface area (Å²) in [7, 11) is 3.78. The van der Waals surface area contributed by atoms with Gasteiger partial charge in [-0.3, -0.25) is 4.79 Å². The van der Waals surface area contributed by atoms with Gasteiger partial charge in [0.1, 0.15) is 11.5 Å². The molecule has 0 spiro atoms. The number of anilines is 2. The lowest BCUT2D eigenvalue weighted by atomic mass is 10.2. The fourth-order valence-electron chi connectivity index (χ4n) is 3.02. The van der Waals surface area contributed by atoms with Crippen LogP contribution in [0.3, 0.4) is 0 Å². The van der Waals surface area contributed by atoms with Crippen molar-refractivity contribution >= 4 is 23.5 Å². The normalized spacial score (nSPS) is 13.0. The van der Waals surface area contributed by atoms with Crippen LogP contribution in [0, 0.1) is 11.7 Å². The van der Waals surface area contributed by atoms with Crippen LogP contribution < -0.4 is 10.2 Å². The number of carbonyl (C=O) groups is 2. The molecule has 3 aromatic rings. The molecule has 1 aliphatic rings. The molecule has 0 bridgehead atoms. The number of hydrogen-bond donors (Lipinski definition) is 2. The van der Waals surface area contributed by atoms with E-state index >= 15 is 0 Å². The van der Waals surface area contributed by atoms with Crippen molar-refractivity contribution in [2.75, 3.05) is 24.3 Å². The summed E-state index contributed by atoms with van der Waals surface area (Å²) in [5.74, 6) is -2.06. The van der Waals surface area contributed by atoms with Gasteiger partial charge in [-0.1, -0.05) is 0 Å². The quantitative estimate of drug-likeness (QED) is 0.493. The standard InChI is InChI=1S/C21H22FN5O.C2HF3O2/c1-26(2)21-23-10-16(11-24-21)15-9-19(27(13-15)12-14-3-4-14)20(28)25-18-7-5-17(22)6-8-18;3-2(4,5)1(6)7/h5-11,13-14H,3-4,12H2,1-2H3,(H,25,28);(H,6,7). The van der Waals surface area contributed by atoms with Gasteiger partial charge in [-0.2, -0.15) is 13.2 Å². The average Bonchev–Trinajstić information content (AvgIpc) is 3.51. The topological polar surface area (TPSA) is 100 Å². The first-order valence-corrected chi connectivity index (χ1v) is 10.5. The maximum Gasteiger partial charge on any atom is 0.490 e. The number of carbonyl (C=O) groups excluding carboxylic acids is 1. The molecule has 0 unspecified atom stereocenters. The van der Waals surface area contributed by atoms with Crippen molar-refractivity contribution in [3.63, 3.8) is 0 Å². The summed E-state index contributed by atoms with van der Waals surface area (Å²) in [6.07, 6.45) is 2.80. The van der Waals surface area contributed by atoms with Gasteiger partial charge in [0.2, 0.25) is 5.95 Å². The second-order valence-electron chi connectivity index (χ2n) is 8.14. The number of rotatable bonds is 6. The van der Waals surface area contributed by atoms with E-state index in [1.807, 2.05) is 35.8 Å². The number of nitrogens with zero attached hydrogens (tertiary/aromatic N) is 4. The Morgan fingerprint density at radius 3 is 2.17 bits per heavy atom. The maximum absolute atomic E-state index is 13.1. The van der Waals surface area contributed by atoms with Crippen LogP contribution in [0.4, 0.5) is 29.2 Å². The molecule has 12 heteroatoms. The molecule has 1 fully saturated rings. The fraction of sp³-hybridized carbons (Fsp3) is 0.304. The summed E-state index contributed by atoms with van der Waals surface area (Å²) in [6, 6.07) is 7.61. The number of nitrogens with one attached hydrogen (secondary N) is 1. The van der Waals surface area contributed by atoms with Crippen LogP contribution in [0.5, 0.6) is 0 Å². The number of aliphatic carboxylic acids is 1. The lowest BCUT2D eigenvalue weighted by molar-refractivity contribution is -0.192. The monoisotopic (exact) mass is 493 g/mol. The Bertz CT molecular complexity index is 1170. The van der Waals surface area contributed by atoms with E-state index in [0.29, 0.717) is 23.2 Å². The lowest BCUT2D eigenvalue weighted by Gasteiger charge is -2.09. The number of amides is 1. The molecule has 1 aliphatic carbocycles. The summed E-state index contributed by atoms with van der Waals surface area (Å²) >= 11 is 0. The highest BCUT2D eigenvalue weighted by Gasteiger charge is 2.38. The predicted molar refractivity (Wildman–Crippen MR) is 121 cm³/mol. The third kappa shape index (κ3) is 7.26. The smallest absolute Gasteiger partial charge is 0.475 e. The number of alkyl halides is 3. The Kier molecular flexibility index (Phi) is 7.72. The minimum absolute atomic E-state index is 0.218. The molecule has 2 heterocycles. The number of benzene rings is 1. The second-order valence-corrected chi connectivity index (χ2v) is 8.14. The second kappa shape index (κ2) is 10.5. The Morgan fingerprint density at radius 1 is 1.11 bits per heavy atom. The molecule has 0 saturated heterocycles. The highest BCUT2D eigenvalue weighted by molar-refractivity contribution is 6.04. The average molecular weight is 493 g/mol. The Balaban J connectivity index is 0.000000429. The van der Waals surface area contributed by atoms with E-state index in [1.165, 1.54) is 25.0 Å². The van der Waals surface area contributed by atoms with Gasteiger partial charge < -0.3 is 19.9 Å². The van der Waals surface area contributed by atoms with Crippen molar-refractivity contribution in [2.24, 2.45) is 5.92 Å². The zero-order valence-electron chi connectivity index (χ0n) is 18.9. The van der Waals surface area contributed by atoms with Crippen molar-refractivity contribution in [1.82, 2.24) is 14.5 Å². The first kappa shape index (κ1) is 25.7. The summed E-state index contributed by atoms with van der Waals surface area (Å²) in [5.41, 5.74) is 2.89. The molecule has 35 heavy (non-hydrogen) atoms. The molecule has 1 aromatic carbocycles. The minimum Gasteiger partial charge on any atom is -0.475 e. The van der Waals surface area contributed by atoms with Crippen molar-refractivity contribution in [3.8, 4) is 11.1 Å². The summed E-state index contributed by atoms with van der Waals surface area (Å²) in [5, 5.41) is 9.97. The number of carboxylic acids is 1. The first-order chi connectivity index (χ1) is 16.4. The predicted octanol–water partition coefficient (Wildman–Crippen LogP) is 4.45. The van der Waals surface area contributed by atoms with Crippen LogP contribution in [0.15, 0.2) is 48.9 Å². The SMILES string of the molecule is CN(C)c1ncc(-c2cc(C(=O)Nc3ccc(F)cc3)n(CC3CC3)c2)cn1.O=C(O)C(F)(F)F. The lowest BCUT2D eigenvalue weighted by Crippen LogP contribution is -2.21. The maximum atomic E-state index is 13.1. The Labute approximate surface area is 198 Å². The van der Waals surface area contributed by atoms with E-state index < -0.39 is 12.1 Å². The van der Waals surface area contributed by atoms with Gasteiger partial charge in [0.05, 0.1) is 0 Å². The zero-order chi connectivity index (χ0) is 25.8. The molecule has 1 amide bonds. The van der Waals surface area contributed by atoms with E-state index in [1.54, 1.807) is 24.5 Å². The molecule has 8 nitrogen and oxygen atoms in total. The zero-order valence-corrected chi connectivity index (χ0v) is 18.9. The molecule has 0 aliphatic heterocycles. The number of hydrogen-bond acceptors (Lipinski definition) is 5. The van der Waals surface area contributed by atoms with Crippen molar-refractivity contribution in [3.05, 3.63) is 60.4 Å². The number of aromatic nitrogens is 3. The van der Waals surface area contributed by atoms with E-state index in [4.69, 9.17) is 9.90 Å². The van der Waals surface area contributed by atoms with Gasteiger partial charge in [-0.25, -0.2) is 19.2 Å². The first-order valence-electron chi connectivity index (χ1n) is 10.5. The third-order valence-corrected chi connectivity index (χ3v) is 5.00. The fourth-order valence-corrected chi connectivity index (χ4v) is 3.02. The molecular formula is C23H23F4N5O3. The molecular weight excluding hydrogens is 470 g/mol. The van der Waals surface area contributed by atoms with Gasteiger partial charge in [-0.05, 0) is 49.1 Å². The summed E-state index contributed by atoms with van der Waals surface area (Å²) < 4.78 is 46.8. The van der Waals surface area contributed by atoms with Gasteiger partial charge in [0.25, 0.3) is 5.91 Å². The van der Waals surface area contributed by atoms with Crippen LogP contribution in [0.2, 0.25) is 0 Å². The molecule has 4 rings (SSSR count). The summed E-state index contributed by atoms with van der Waals surface area (Å²) in [4.78, 5) is 32.3. The van der Waals surface area contributed by atoms with Crippen LogP contribution in [0.1, 0.15) is 23.3 Å². The van der Waals surface area contributed by atoms with Crippen LogP contribution >= 0.6 is 0 Å². The minimum atomic E-state index is -5.08.